The van der Waals surface area contributed by atoms with E-state index in [1.807, 2.05) is 6.07 Å². The van der Waals surface area contributed by atoms with Crippen LogP contribution in [0.3, 0.4) is 0 Å². The van der Waals surface area contributed by atoms with Crippen molar-refractivity contribution in [3.8, 4) is 5.75 Å². The van der Waals surface area contributed by atoms with Gasteiger partial charge in [0.25, 0.3) is 5.91 Å². The normalized spacial score (nSPS) is 18.7. The third-order valence-corrected chi connectivity index (χ3v) is 5.24. The first-order valence-corrected chi connectivity index (χ1v) is 9.65. The highest BCUT2D eigenvalue weighted by atomic mass is 16.5. The second kappa shape index (κ2) is 9.54. The minimum atomic E-state index is -0.906. The molecule has 0 aliphatic carbocycles. The number of rotatable bonds is 8. The molecule has 2 aliphatic rings. The molecule has 0 saturated carbocycles. The topological polar surface area (TPSA) is 105 Å². The van der Waals surface area contributed by atoms with Crippen LogP contribution in [0.2, 0.25) is 0 Å². The van der Waals surface area contributed by atoms with Crippen molar-refractivity contribution in [2.75, 3.05) is 37.8 Å². The lowest BCUT2D eigenvalue weighted by atomic mass is 9.86. The second-order valence-electron chi connectivity index (χ2n) is 7.13. The number of hydrogen-bond donors (Lipinski definition) is 2. The van der Waals surface area contributed by atoms with Gasteiger partial charge in [0.1, 0.15) is 5.75 Å². The number of amides is 2. The van der Waals surface area contributed by atoms with Gasteiger partial charge in [0, 0.05) is 44.5 Å². The molecule has 0 aromatic heterocycles. The Morgan fingerprint density at radius 1 is 1.32 bits per heavy atom. The van der Waals surface area contributed by atoms with Crippen molar-refractivity contribution in [2.45, 2.75) is 25.7 Å². The van der Waals surface area contributed by atoms with Gasteiger partial charge in [0.2, 0.25) is 5.91 Å². The van der Waals surface area contributed by atoms with Gasteiger partial charge in [-0.15, -0.1) is 0 Å². The summed E-state index contributed by atoms with van der Waals surface area (Å²) in [6.07, 6.45) is 2.76. The number of nitrogens with zero attached hydrogens (tertiary/aromatic N) is 1. The average molecular weight is 390 g/mol. The van der Waals surface area contributed by atoms with E-state index in [2.05, 4.69) is 5.32 Å². The van der Waals surface area contributed by atoms with Crippen LogP contribution >= 0.6 is 0 Å². The number of carboxylic acids is 1. The van der Waals surface area contributed by atoms with Gasteiger partial charge in [-0.3, -0.25) is 14.4 Å². The highest BCUT2D eigenvalue weighted by Crippen LogP contribution is 2.26. The lowest BCUT2D eigenvalue weighted by Gasteiger charge is -2.27. The van der Waals surface area contributed by atoms with Crippen LogP contribution in [0.5, 0.6) is 5.75 Å². The molecule has 8 nitrogen and oxygen atoms in total. The molecule has 1 aromatic carbocycles. The highest BCUT2D eigenvalue weighted by Gasteiger charge is 2.30. The molecule has 0 spiro atoms. The molecule has 0 bridgehead atoms. The molecule has 2 saturated heterocycles. The summed E-state index contributed by atoms with van der Waals surface area (Å²) in [5, 5.41) is 12.1. The van der Waals surface area contributed by atoms with Crippen LogP contribution in [0.4, 0.5) is 5.69 Å². The summed E-state index contributed by atoms with van der Waals surface area (Å²) in [4.78, 5) is 37.2. The third kappa shape index (κ3) is 5.22. The molecule has 2 aliphatic heterocycles. The molecule has 152 valence electrons. The predicted molar refractivity (Wildman–Crippen MR) is 101 cm³/mol. The summed E-state index contributed by atoms with van der Waals surface area (Å²) < 4.78 is 10.8. The fourth-order valence-electron chi connectivity index (χ4n) is 3.66. The van der Waals surface area contributed by atoms with Crippen molar-refractivity contribution in [3.63, 3.8) is 0 Å². The van der Waals surface area contributed by atoms with E-state index in [4.69, 9.17) is 9.47 Å². The maximum absolute atomic E-state index is 12.1. The molecule has 2 amide bonds. The van der Waals surface area contributed by atoms with E-state index >= 15 is 0 Å². The van der Waals surface area contributed by atoms with Crippen LogP contribution in [-0.2, 0) is 19.1 Å². The Hall–Kier alpha value is -2.61. The third-order valence-electron chi connectivity index (χ3n) is 5.24. The zero-order valence-corrected chi connectivity index (χ0v) is 15.8. The summed E-state index contributed by atoms with van der Waals surface area (Å²) in [6, 6.07) is 7.07. The average Bonchev–Trinajstić information content (AvgIpc) is 3.13. The Morgan fingerprint density at radius 3 is 2.79 bits per heavy atom. The fraction of sp³-hybridized carbons (Fsp3) is 0.550. The highest BCUT2D eigenvalue weighted by molar-refractivity contribution is 5.95. The summed E-state index contributed by atoms with van der Waals surface area (Å²) in [6.45, 7) is 1.66. The number of benzene rings is 1. The Morgan fingerprint density at radius 2 is 2.11 bits per heavy atom. The van der Waals surface area contributed by atoms with Crippen molar-refractivity contribution in [1.29, 1.82) is 0 Å². The number of anilines is 1. The Kier molecular flexibility index (Phi) is 6.86. The van der Waals surface area contributed by atoms with Gasteiger partial charge < -0.3 is 24.8 Å². The lowest BCUT2D eigenvalue weighted by molar-refractivity contribution is -0.145. The van der Waals surface area contributed by atoms with Crippen LogP contribution < -0.4 is 15.0 Å². The van der Waals surface area contributed by atoms with Crippen LogP contribution in [-0.4, -0.2) is 55.8 Å². The molecule has 2 N–H and O–H groups in total. The van der Waals surface area contributed by atoms with Gasteiger partial charge >= 0.3 is 5.97 Å². The molecule has 8 heteroatoms. The zero-order valence-electron chi connectivity index (χ0n) is 15.8. The van der Waals surface area contributed by atoms with Crippen LogP contribution in [0.1, 0.15) is 25.7 Å². The number of hydrogen-bond acceptors (Lipinski definition) is 5. The molecule has 2 heterocycles. The van der Waals surface area contributed by atoms with E-state index in [9.17, 15) is 19.5 Å². The molecule has 28 heavy (non-hydrogen) atoms. The molecule has 1 aromatic rings. The quantitative estimate of drug-likeness (QED) is 0.696. The standard InChI is InChI=1S/C20H26N2O6/c23-18(21-12-17(20(25)26)14-6-9-27-10-7-14)13-28-16-4-1-3-15(11-16)22-8-2-5-19(22)24/h1,3-4,11,14,17H,2,5-10,12-13H2,(H,21,23)(H,25,26). The minimum absolute atomic E-state index is 0.00199. The van der Waals surface area contributed by atoms with Gasteiger partial charge in [-0.2, -0.15) is 0 Å². The van der Waals surface area contributed by atoms with E-state index < -0.39 is 11.9 Å². The van der Waals surface area contributed by atoms with Crippen LogP contribution in [0.15, 0.2) is 24.3 Å². The molecular formula is C20H26N2O6. The van der Waals surface area contributed by atoms with E-state index in [1.165, 1.54) is 0 Å². The number of nitrogens with one attached hydrogen (secondary N) is 1. The number of ether oxygens (including phenoxy) is 2. The van der Waals surface area contributed by atoms with Crippen molar-refractivity contribution in [1.82, 2.24) is 5.32 Å². The van der Waals surface area contributed by atoms with Gasteiger partial charge in [-0.1, -0.05) is 6.07 Å². The number of carbonyl (C=O) groups excluding carboxylic acids is 2. The van der Waals surface area contributed by atoms with Crippen LogP contribution in [0.25, 0.3) is 0 Å². The molecule has 3 rings (SSSR count). The predicted octanol–water partition coefficient (Wildman–Crippen LogP) is 1.44. The van der Waals surface area contributed by atoms with Crippen molar-refractivity contribution in [3.05, 3.63) is 24.3 Å². The molecule has 0 radical (unpaired) electrons. The van der Waals surface area contributed by atoms with E-state index in [-0.39, 0.29) is 30.9 Å². The lowest BCUT2D eigenvalue weighted by Crippen LogP contribution is -2.40. The first-order valence-electron chi connectivity index (χ1n) is 9.65. The van der Waals surface area contributed by atoms with Crippen LogP contribution in [0, 0.1) is 11.8 Å². The Balaban J connectivity index is 1.48. The molecular weight excluding hydrogens is 364 g/mol. The number of carbonyl (C=O) groups is 3. The Bertz CT molecular complexity index is 716. The Labute approximate surface area is 163 Å². The van der Waals surface area contributed by atoms with Crippen molar-refractivity contribution in [2.24, 2.45) is 11.8 Å². The molecule has 2 fully saturated rings. The summed E-state index contributed by atoms with van der Waals surface area (Å²) in [7, 11) is 0. The first kappa shape index (κ1) is 20.1. The van der Waals surface area contributed by atoms with E-state index in [0.29, 0.717) is 44.8 Å². The second-order valence-corrected chi connectivity index (χ2v) is 7.13. The van der Waals surface area contributed by atoms with Gasteiger partial charge in [0.15, 0.2) is 6.61 Å². The van der Waals surface area contributed by atoms with Gasteiger partial charge in [-0.05, 0) is 37.3 Å². The smallest absolute Gasteiger partial charge is 0.308 e. The summed E-state index contributed by atoms with van der Waals surface area (Å²) in [5.74, 6) is -1.33. The summed E-state index contributed by atoms with van der Waals surface area (Å²) >= 11 is 0. The van der Waals surface area contributed by atoms with Gasteiger partial charge in [-0.25, -0.2) is 0 Å². The monoisotopic (exact) mass is 390 g/mol. The van der Waals surface area contributed by atoms with Crippen molar-refractivity contribution < 1.29 is 29.0 Å². The van der Waals surface area contributed by atoms with E-state index in [1.54, 1.807) is 23.1 Å². The minimum Gasteiger partial charge on any atom is -0.484 e. The zero-order chi connectivity index (χ0) is 19.9. The van der Waals surface area contributed by atoms with Crippen molar-refractivity contribution >= 4 is 23.5 Å². The maximum atomic E-state index is 12.1. The molecule has 1 unspecified atom stereocenters. The fourth-order valence-corrected chi connectivity index (χ4v) is 3.66. The first-order chi connectivity index (χ1) is 13.5. The largest absolute Gasteiger partial charge is 0.484 e. The molecule has 1 atom stereocenters. The SMILES string of the molecule is O=C(COc1cccc(N2CCCC2=O)c1)NCC(C(=O)O)C1CCOCC1. The van der Waals surface area contributed by atoms with Gasteiger partial charge in [0.05, 0.1) is 5.92 Å². The maximum Gasteiger partial charge on any atom is 0.308 e. The van der Waals surface area contributed by atoms with E-state index in [0.717, 1.165) is 12.1 Å². The summed E-state index contributed by atoms with van der Waals surface area (Å²) in [5.41, 5.74) is 0.755. The number of aliphatic carboxylic acids is 1. The number of carboxylic acid groups (broad SMARTS) is 1.